The maximum Gasteiger partial charge on any atom is 0.317 e. The molecule has 3 rings (SSSR count). The molecular weight excluding hydrogens is 311 g/mol. The number of hydrogen-bond acceptors (Lipinski definition) is 3. The summed E-state index contributed by atoms with van der Waals surface area (Å²) in [5, 5.41) is 2.92. The highest BCUT2D eigenvalue weighted by Gasteiger charge is 2.23. The van der Waals surface area contributed by atoms with E-state index in [-0.39, 0.29) is 23.6 Å². The van der Waals surface area contributed by atoms with E-state index in [0.29, 0.717) is 38.8 Å². The molecule has 1 heterocycles. The summed E-state index contributed by atoms with van der Waals surface area (Å²) in [7, 11) is 0. The Morgan fingerprint density at radius 1 is 1.42 bits per heavy atom. The van der Waals surface area contributed by atoms with Gasteiger partial charge in [0.1, 0.15) is 0 Å². The van der Waals surface area contributed by atoms with Gasteiger partial charge in [-0.2, -0.15) is 0 Å². The lowest BCUT2D eigenvalue weighted by atomic mass is 10.1. The molecule has 1 aromatic carbocycles. The Hall–Kier alpha value is -1.82. The van der Waals surface area contributed by atoms with Crippen LogP contribution in [0.5, 0.6) is 5.75 Å². The maximum absolute atomic E-state index is 14.2. The van der Waals surface area contributed by atoms with Crippen molar-refractivity contribution in [3.63, 3.8) is 0 Å². The van der Waals surface area contributed by atoms with Crippen molar-refractivity contribution in [2.45, 2.75) is 32.2 Å². The van der Waals surface area contributed by atoms with E-state index in [4.69, 9.17) is 9.47 Å². The molecular formula is C18H25FN2O3. The van der Waals surface area contributed by atoms with Gasteiger partial charge in [0.25, 0.3) is 0 Å². The molecule has 0 aromatic heterocycles. The van der Waals surface area contributed by atoms with E-state index in [0.717, 1.165) is 12.0 Å². The summed E-state index contributed by atoms with van der Waals surface area (Å²) < 4.78 is 25.0. The van der Waals surface area contributed by atoms with Crippen LogP contribution in [0.25, 0.3) is 0 Å². The van der Waals surface area contributed by atoms with Crippen LogP contribution in [0.4, 0.5) is 9.18 Å². The molecule has 0 spiro atoms. The molecule has 5 nitrogen and oxygen atoms in total. The van der Waals surface area contributed by atoms with Gasteiger partial charge in [0.2, 0.25) is 0 Å². The van der Waals surface area contributed by atoms with Crippen LogP contribution >= 0.6 is 0 Å². The number of amides is 2. The van der Waals surface area contributed by atoms with Crippen molar-refractivity contribution in [2.24, 2.45) is 5.92 Å². The van der Waals surface area contributed by atoms with Gasteiger partial charge in [-0.1, -0.05) is 6.07 Å². The standard InChI is InChI=1S/C18H25FN2O3/c1-13(20-18(22)21-7-2-9-23-10-8-21)15-5-6-17(16(19)11-15)24-12-14-3-4-14/h5-6,11,13-14H,2-4,7-10,12H2,1H3,(H,20,22)/t13-/m0/s1. The molecule has 6 heteroatoms. The number of nitrogens with one attached hydrogen (secondary N) is 1. The lowest BCUT2D eigenvalue weighted by Gasteiger charge is -2.23. The van der Waals surface area contributed by atoms with Crippen molar-refractivity contribution in [2.75, 3.05) is 32.9 Å². The molecule has 1 atom stereocenters. The van der Waals surface area contributed by atoms with Gasteiger partial charge >= 0.3 is 6.03 Å². The molecule has 2 amide bonds. The molecule has 0 unspecified atom stereocenters. The number of nitrogens with zero attached hydrogens (tertiary/aromatic N) is 1. The Morgan fingerprint density at radius 3 is 3.00 bits per heavy atom. The Bertz CT molecular complexity index is 569. The van der Waals surface area contributed by atoms with E-state index in [1.54, 1.807) is 11.0 Å². The second kappa shape index (κ2) is 7.83. The van der Waals surface area contributed by atoms with Crippen molar-refractivity contribution in [3.8, 4) is 5.75 Å². The maximum atomic E-state index is 14.2. The van der Waals surface area contributed by atoms with Crippen LogP contribution in [-0.4, -0.2) is 43.8 Å². The quantitative estimate of drug-likeness (QED) is 0.899. The highest BCUT2D eigenvalue weighted by Crippen LogP contribution is 2.30. The van der Waals surface area contributed by atoms with Crippen LogP contribution in [-0.2, 0) is 4.74 Å². The number of hydrogen-bond donors (Lipinski definition) is 1. The molecule has 1 saturated heterocycles. The van der Waals surface area contributed by atoms with Crippen LogP contribution in [0.15, 0.2) is 18.2 Å². The average Bonchev–Trinajstić information content (AvgIpc) is 3.40. The summed E-state index contributed by atoms with van der Waals surface area (Å²) in [6, 6.07) is 4.49. The number of carbonyl (C=O) groups is 1. The van der Waals surface area contributed by atoms with Gasteiger partial charge in [-0.15, -0.1) is 0 Å². The number of benzene rings is 1. The third-order valence-electron chi connectivity index (χ3n) is 4.48. The first-order valence-corrected chi connectivity index (χ1v) is 8.69. The smallest absolute Gasteiger partial charge is 0.317 e. The summed E-state index contributed by atoms with van der Waals surface area (Å²) in [6.45, 7) is 4.95. The highest BCUT2D eigenvalue weighted by molar-refractivity contribution is 5.74. The number of carbonyl (C=O) groups excluding carboxylic acids is 1. The zero-order chi connectivity index (χ0) is 16.9. The Kier molecular flexibility index (Phi) is 5.56. The third kappa shape index (κ3) is 4.60. The first-order chi connectivity index (χ1) is 11.6. The van der Waals surface area contributed by atoms with Gasteiger partial charge < -0.3 is 19.7 Å². The normalized spacial score (nSPS) is 19.5. The van der Waals surface area contributed by atoms with Crippen molar-refractivity contribution in [1.29, 1.82) is 0 Å². The minimum Gasteiger partial charge on any atom is -0.490 e. The van der Waals surface area contributed by atoms with E-state index in [1.807, 2.05) is 13.0 Å². The van der Waals surface area contributed by atoms with Gasteiger partial charge in [-0.25, -0.2) is 9.18 Å². The summed E-state index contributed by atoms with van der Waals surface area (Å²) >= 11 is 0. The number of halogens is 1. The summed E-state index contributed by atoms with van der Waals surface area (Å²) in [4.78, 5) is 14.1. The van der Waals surface area contributed by atoms with Gasteiger partial charge in [0.15, 0.2) is 11.6 Å². The highest BCUT2D eigenvalue weighted by atomic mass is 19.1. The Labute approximate surface area is 142 Å². The molecule has 1 N–H and O–H groups in total. The summed E-state index contributed by atoms with van der Waals surface area (Å²) in [6.07, 6.45) is 3.18. The lowest BCUT2D eigenvalue weighted by Crippen LogP contribution is -2.42. The first-order valence-electron chi connectivity index (χ1n) is 8.69. The monoisotopic (exact) mass is 336 g/mol. The predicted octanol–water partition coefficient (Wildman–Crippen LogP) is 3.11. The molecule has 24 heavy (non-hydrogen) atoms. The minimum absolute atomic E-state index is 0.137. The van der Waals surface area contributed by atoms with E-state index in [9.17, 15) is 9.18 Å². The molecule has 0 bridgehead atoms. The number of ether oxygens (including phenoxy) is 2. The second-order valence-electron chi connectivity index (χ2n) is 6.57. The molecule has 1 aliphatic heterocycles. The van der Waals surface area contributed by atoms with Gasteiger partial charge in [-0.05, 0) is 49.8 Å². The van der Waals surface area contributed by atoms with E-state index >= 15 is 0 Å². The van der Waals surface area contributed by atoms with Crippen LogP contribution in [0.1, 0.15) is 37.8 Å². The molecule has 1 aliphatic carbocycles. The number of rotatable bonds is 5. The minimum atomic E-state index is -0.377. The molecule has 1 saturated carbocycles. The van der Waals surface area contributed by atoms with E-state index < -0.39 is 0 Å². The van der Waals surface area contributed by atoms with Crippen LogP contribution in [0.3, 0.4) is 0 Å². The van der Waals surface area contributed by atoms with Crippen molar-refractivity contribution in [1.82, 2.24) is 10.2 Å². The van der Waals surface area contributed by atoms with Crippen molar-refractivity contribution >= 4 is 6.03 Å². The fourth-order valence-electron chi connectivity index (χ4n) is 2.70. The fourth-order valence-corrected chi connectivity index (χ4v) is 2.70. The van der Waals surface area contributed by atoms with Crippen LogP contribution in [0.2, 0.25) is 0 Å². The zero-order valence-electron chi connectivity index (χ0n) is 14.1. The summed E-state index contributed by atoms with van der Waals surface area (Å²) in [5.41, 5.74) is 0.727. The third-order valence-corrected chi connectivity index (χ3v) is 4.48. The van der Waals surface area contributed by atoms with Crippen LogP contribution in [0, 0.1) is 11.7 Å². The molecule has 0 radical (unpaired) electrons. The average molecular weight is 336 g/mol. The summed E-state index contributed by atoms with van der Waals surface area (Å²) in [5.74, 6) is 0.492. The second-order valence-corrected chi connectivity index (χ2v) is 6.57. The largest absolute Gasteiger partial charge is 0.490 e. The molecule has 2 fully saturated rings. The predicted molar refractivity (Wildman–Crippen MR) is 88.6 cm³/mol. The number of urea groups is 1. The topological polar surface area (TPSA) is 50.8 Å². The molecule has 2 aliphatic rings. The fraction of sp³-hybridized carbons (Fsp3) is 0.611. The van der Waals surface area contributed by atoms with Gasteiger partial charge in [0.05, 0.1) is 19.3 Å². The SMILES string of the molecule is C[C@H](NC(=O)N1CCCOCC1)c1ccc(OCC2CC2)c(F)c1. The van der Waals surface area contributed by atoms with Crippen molar-refractivity contribution in [3.05, 3.63) is 29.6 Å². The molecule has 1 aromatic rings. The van der Waals surface area contributed by atoms with E-state index in [2.05, 4.69) is 5.32 Å². The first kappa shape index (κ1) is 17.0. The lowest BCUT2D eigenvalue weighted by molar-refractivity contribution is 0.142. The van der Waals surface area contributed by atoms with Gasteiger partial charge in [0, 0.05) is 19.7 Å². The molecule has 132 valence electrons. The Balaban J connectivity index is 1.56. The van der Waals surface area contributed by atoms with Crippen LogP contribution < -0.4 is 10.1 Å². The van der Waals surface area contributed by atoms with Gasteiger partial charge in [-0.3, -0.25) is 0 Å². The van der Waals surface area contributed by atoms with E-state index in [1.165, 1.54) is 18.9 Å². The van der Waals surface area contributed by atoms with Crippen molar-refractivity contribution < 1.29 is 18.7 Å². The Morgan fingerprint density at radius 2 is 2.25 bits per heavy atom. The zero-order valence-corrected chi connectivity index (χ0v) is 14.1.